The summed E-state index contributed by atoms with van der Waals surface area (Å²) >= 11 is 12.3. The van der Waals surface area contributed by atoms with Crippen molar-refractivity contribution in [2.75, 3.05) is 0 Å². The Balaban J connectivity index is 1.76. The second-order valence-corrected chi connectivity index (χ2v) is 7.31. The van der Waals surface area contributed by atoms with Crippen molar-refractivity contribution in [1.82, 2.24) is 10.3 Å². The Morgan fingerprint density at radius 2 is 1.70 bits per heavy atom. The molecule has 0 unspecified atom stereocenters. The van der Waals surface area contributed by atoms with E-state index in [1.165, 1.54) is 24.4 Å². The molecule has 30 heavy (non-hydrogen) atoms. The quantitative estimate of drug-likeness (QED) is 0.554. The zero-order valence-electron chi connectivity index (χ0n) is 15.3. The van der Waals surface area contributed by atoms with Gasteiger partial charge in [-0.25, -0.2) is 0 Å². The van der Waals surface area contributed by atoms with Crippen LogP contribution in [0.3, 0.4) is 0 Å². The van der Waals surface area contributed by atoms with Gasteiger partial charge in [-0.15, -0.1) is 0 Å². The first kappa shape index (κ1) is 21.9. The van der Waals surface area contributed by atoms with Gasteiger partial charge in [0.1, 0.15) is 0 Å². The van der Waals surface area contributed by atoms with Crippen LogP contribution in [0.4, 0.5) is 13.2 Å². The lowest BCUT2D eigenvalue weighted by Crippen LogP contribution is -2.25. The van der Waals surface area contributed by atoms with Crippen molar-refractivity contribution in [2.24, 2.45) is 0 Å². The maximum absolute atomic E-state index is 12.8. The predicted molar refractivity (Wildman–Crippen MR) is 109 cm³/mol. The first-order chi connectivity index (χ1) is 14.1. The molecule has 0 aliphatic heterocycles. The minimum Gasteiger partial charge on any atom is -0.348 e. The number of carbonyl (C=O) groups is 1. The molecule has 9 heteroatoms. The Morgan fingerprint density at radius 3 is 2.37 bits per heavy atom. The van der Waals surface area contributed by atoms with Gasteiger partial charge in [0, 0.05) is 34.8 Å². The first-order valence-electron chi connectivity index (χ1n) is 8.74. The van der Waals surface area contributed by atoms with Crippen molar-refractivity contribution in [3.05, 3.63) is 103 Å². The monoisotopic (exact) mass is 454 g/mol. The van der Waals surface area contributed by atoms with Crippen LogP contribution < -0.4 is 10.9 Å². The van der Waals surface area contributed by atoms with Crippen molar-refractivity contribution in [3.8, 4) is 0 Å². The summed E-state index contributed by atoms with van der Waals surface area (Å²) in [6, 6.07) is 11.0. The fourth-order valence-corrected chi connectivity index (χ4v) is 3.36. The van der Waals surface area contributed by atoms with E-state index in [9.17, 15) is 22.8 Å². The normalized spacial score (nSPS) is 11.4. The van der Waals surface area contributed by atoms with E-state index in [4.69, 9.17) is 23.2 Å². The van der Waals surface area contributed by atoms with E-state index in [2.05, 4.69) is 10.3 Å². The van der Waals surface area contributed by atoms with E-state index in [0.29, 0.717) is 21.2 Å². The number of carbonyl (C=O) groups excluding carboxylic acids is 1. The van der Waals surface area contributed by atoms with Gasteiger partial charge in [-0.2, -0.15) is 13.2 Å². The minimum absolute atomic E-state index is 0.104. The largest absolute Gasteiger partial charge is 0.416 e. The van der Waals surface area contributed by atoms with Gasteiger partial charge in [-0.05, 0) is 41.5 Å². The second kappa shape index (κ2) is 8.93. The van der Waals surface area contributed by atoms with Gasteiger partial charge < -0.3 is 10.3 Å². The number of nitrogens with one attached hydrogen (secondary N) is 2. The summed E-state index contributed by atoms with van der Waals surface area (Å²) in [7, 11) is 0. The standard InChI is InChI=1S/C21H15Cl2F3N2O2/c22-17-5-2-6-18(23)16(17)9-13-8-14(11-28-19(13)29)20(30)27-10-12-3-1-4-15(7-12)21(24,25)26/h1-8,11H,9-10H2,(H,27,30)(H,28,29). The molecule has 0 fully saturated rings. The molecule has 0 atom stereocenters. The molecule has 1 aromatic heterocycles. The molecule has 0 aliphatic rings. The summed E-state index contributed by atoms with van der Waals surface area (Å²) < 4.78 is 38.4. The van der Waals surface area contributed by atoms with E-state index in [-0.39, 0.29) is 24.1 Å². The SMILES string of the molecule is O=C(NCc1cccc(C(F)(F)F)c1)c1c[nH]c(=O)c(Cc2c(Cl)cccc2Cl)c1. The van der Waals surface area contributed by atoms with E-state index in [0.717, 1.165) is 12.1 Å². The molecule has 1 heterocycles. The third-order valence-corrected chi connectivity index (χ3v) is 5.09. The zero-order chi connectivity index (χ0) is 21.9. The number of aromatic amines is 1. The Morgan fingerprint density at radius 1 is 1.03 bits per heavy atom. The highest BCUT2D eigenvalue weighted by Gasteiger charge is 2.30. The number of pyridine rings is 1. The average molecular weight is 455 g/mol. The third-order valence-electron chi connectivity index (χ3n) is 4.38. The molecule has 2 N–H and O–H groups in total. The third kappa shape index (κ3) is 5.23. The lowest BCUT2D eigenvalue weighted by molar-refractivity contribution is -0.137. The number of hydrogen-bond donors (Lipinski definition) is 2. The summed E-state index contributed by atoms with van der Waals surface area (Å²) in [4.78, 5) is 27.1. The molecule has 1 amide bonds. The molecule has 0 spiro atoms. The number of hydrogen-bond acceptors (Lipinski definition) is 2. The average Bonchev–Trinajstić information content (AvgIpc) is 2.70. The van der Waals surface area contributed by atoms with Gasteiger partial charge in [0.2, 0.25) is 0 Å². The fraction of sp³-hybridized carbons (Fsp3) is 0.143. The van der Waals surface area contributed by atoms with Crippen LogP contribution >= 0.6 is 23.2 Å². The number of aromatic nitrogens is 1. The van der Waals surface area contributed by atoms with Gasteiger partial charge in [0.15, 0.2) is 0 Å². The van der Waals surface area contributed by atoms with Crippen LogP contribution in [0.1, 0.15) is 32.6 Å². The second-order valence-electron chi connectivity index (χ2n) is 6.50. The lowest BCUT2D eigenvalue weighted by atomic mass is 10.0. The molecule has 0 radical (unpaired) electrons. The molecule has 0 bridgehead atoms. The summed E-state index contributed by atoms with van der Waals surface area (Å²) in [5.74, 6) is -0.546. The van der Waals surface area contributed by atoms with Crippen LogP contribution in [0, 0.1) is 0 Å². The highest BCUT2D eigenvalue weighted by atomic mass is 35.5. The van der Waals surface area contributed by atoms with Crippen LogP contribution in [0.5, 0.6) is 0 Å². The minimum atomic E-state index is -4.46. The first-order valence-corrected chi connectivity index (χ1v) is 9.49. The van der Waals surface area contributed by atoms with E-state index < -0.39 is 23.2 Å². The number of alkyl halides is 3. The van der Waals surface area contributed by atoms with Crippen molar-refractivity contribution in [2.45, 2.75) is 19.1 Å². The highest BCUT2D eigenvalue weighted by Crippen LogP contribution is 2.29. The van der Waals surface area contributed by atoms with E-state index >= 15 is 0 Å². The van der Waals surface area contributed by atoms with Gasteiger partial charge in [-0.3, -0.25) is 9.59 Å². The summed E-state index contributed by atoms with van der Waals surface area (Å²) in [5, 5.41) is 3.33. The van der Waals surface area contributed by atoms with Crippen LogP contribution in [0.25, 0.3) is 0 Å². The van der Waals surface area contributed by atoms with Crippen molar-refractivity contribution in [1.29, 1.82) is 0 Å². The summed E-state index contributed by atoms with van der Waals surface area (Å²) in [6.07, 6.45) is -3.11. The topological polar surface area (TPSA) is 62.0 Å². The highest BCUT2D eigenvalue weighted by molar-refractivity contribution is 6.36. The lowest BCUT2D eigenvalue weighted by Gasteiger charge is -2.10. The molecule has 0 saturated carbocycles. The summed E-state index contributed by atoms with van der Waals surface area (Å²) in [5.41, 5.74) is 0.0765. The molecule has 0 saturated heterocycles. The Kier molecular flexibility index (Phi) is 6.53. The van der Waals surface area contributed by atoms with Crippen molar-refractivity contribution < 1.29 is 18.0 Å². The Bertz CT molecular complexity index is 1120. The van der Waals surface area contributed by atoms with E-state index in [1.54, 1.807) is 18.2 Å². The summed E-state index contributed by atoms with van der Waals surface area (Å²) in [6.45, 7) is -0.104. The number of benzene rings is 2. The van der Waals surface area contributed by atoms with Crippen molar-refractivity contribution in [3.63, 3.8) is 0 Å². The van der Waals surface area contributed by atoms with Crippen molar-refractivity contribution >= 4 is 29.1 Å². The molecule has 3 aromatic rings. The zero-order valence-corrected chi connectivity index (χ0v) is 16.8. The van der Waals surface area contributed by atoms with Gasteiger partial charge in [0.25, 0.3) is 11.5 Å². The molecule has 0 aliphatic carbocycles. The van der Waals surface area contributed by atoms with Gasteiger partial charge in [0.05, 0.1) is 11.1 Å². The molecule has 3 rings (SSSR count). The van der Waals surface area contributed by atoms with Gasteiger partial charge >= 0.3 is 6.18 Å². The van der Waals surface area contributed by atoms with E-state index in [1.807, 2.05) is 0 Å². The maximum atomic E-state index is 12.8. The van der Waals surface area contributed by atoms with Gasteiger partial charge in [-0.1, -0.05) is 41.4 Å². The van der Waals surface area contributed by atoms with Crippen LogP contribution in [-0.4, -0.2) is 10.9 Å². The Labute approximate surface area is 179 Å². The molecular weight excluding hydrogens is 440 g/mol. The number of halogens is 5. The smallest absolute Gasteiger partial charge is 0.348 e. The number of amides is 1. The molecule has 2 aromatic carbocycles. The van der Waals surface area contributed by atoms with Crippen LogP contribution in [0.2, 0.25) is 10.0 Å². The van der Waals surface area contributed by atoms with Crippen LogP contribution in [-0.2, 0) is 19.1 Å². The predicted octanol–water partition coefficient (Wildman–Crippen LogP) is 5.22. The van der Waals surface area contributed by atoms with Crippen LogP contribution in [0.15, 0.2) is 59.5 Å². The molecular formula is C21H15Cl2F3N2O2. The number of rotatable bonds is 5. The molecule has 4 nitrogen and oxygen atoms in total. The molecule has 156 valence electrons. The fourth-order valence-electron chi connectivity index (χ4n) is 2.83. The number of H-pyrrole nitrogens is 1. The maximum Gasteiger partial charge on any atom is 0.416 e. The Hall–Kier alpha value is -2.77.